The number of hydrogen-bond acceptors (Lipinski definition) is 4. The van der Waals surface area contributed by atoms with Crippen LogP contribution in [-0.4, -0.2) is 48.4 Å². The monoisotopic (exact) mass is 557 g/mol. The molecule has 0 aromatic heterocycles. The number of phenols is 1. The number of halogens is 3. The van der Waals surface area contributed by atoms with Crippen LogP contribution >= 0.6 is 0 Å². The molecule has 2 aliphatic rings. The van der Waals surface area contributed by atoms with E-state index in [2.05, 4.69) is 22.0 Å². The van der Waals surface area contributed by atoms with E-state index in [4.69, 9.17) is 0 Å². The van der Waals surface area contributed by atoms with E-state index in [-0.39, 0.29) is 30.1 Å². The lowest BCUT2D eigenvalue weighted by atomic mass is 9.82. The number of nitrogens with one attached hydrogen (secondary N) is 1. The number of fused-ring (bicyclic) bond motifs is 1. The van der Waals surface area contributed by atoms with Crippen LogP contribution in [0.25, 0.3) is 11.1 Å². The molecule has 4 nitrogen and oxygen atoms in total. The van der Waals surface area contributed by atoms with Crippen molar-refractivity contribution >= 4 is 11.4 Å². The average molecular weight is 558 g/mol. The highest BCUT2D eigenvalue weighted by Gasteiger charge is 2.37. The summed E-state index contributed by atoms with van der Waals surface area (Å²) in [5, 5.41) is 13.7. The van der Waals surface area contributed by atoms with Crippen molar-refractivity contribution in [3.8, 4) is 16.9 Å². The number of likely N-dealkylation sites (tertiary alicyclic amines) is 1. The van der Waals surface area contributed by atoms with Crippen LogP contribution in [0.3, 0.4) is 0 Å². The first-order valence-electron chi connectivity index (χ1n) is 14.2. The summed E-state index contributed by atoms with van der Waals surface area (Å²) in [7, 11) is 0. The SMILES string of the molecule is C[C@@H]1Cc2cc(-c3ccccc3O)ccc2[C@@H](c2c(F)cc(NC3CN(CCCF)C3)cc2F)N1c1ccccc1. The van der Waals surface area contributed by atoms with Gasteiger partial charge in [0, 0.05) is 42.6 Å². The molecular formula is C34H34F3N3O. The Morgan fingerprint density at radius 2 is 1.61 bits per heavy atom. The zero-order chi connectivity index (χ0) is 28.5. The average Bonchev–Trinajstić information content (AvgIpc) is 2.94. The molecular weight excluding hydrogens is 523 g/mol. The third kappa shape index (κ3) is 5.38. The van der Waals surface area contributed by atoms with E-state index in [1.54, 1.807) is 12.1 Å². The van der Waals surface area contributed by atoms with Crippen molar-refractivity contribution in [1.82, 2.24) is 4.90 Å². The summed E-state index contributed by atoms with van der Waals surface area (Å²) < 4.78 is 44.5. The normalized spacial score (nSPS) is 19.1. The first-order chi connectivity index (χ1) is 19.9. The standard InChI is InChI=1S/C34H34F3N3O/c1-22-16-24-17-23(28-10-5-6-11-32(28)41)12-13-29(24)34(40(22)27-8-3-2-4-9-27)33-30(36)18-25(19-31(33)37)38-26-20-39(21-26)15-7-14-35/h2-6,8-13,17-19,22,26,34,38,41H,7,14-16,20-21H2,1H3/t22-,34+/m1/s1. The molecule has 41 heavy (non-hydrogen) atoms. The quantitative estimate of drug-likeness (QED) is 0.238. The molecule has 2 aliphatic heterocycles. The minimum absolute atomic E-state index is 0.0145. The topological polar surface area (TPSA) is 38.7 Å². The minimum Gasteiger partial charge on any atom is -0.507 e. The summed E-state index contributed by atoms with van der Waals surface area (Å²) in [6.45, 7) is 3.87. The van der Waals surface area contributed by atoms with Gasteiger partial charge < -0.3 is 15.3 Å². The van der Waals surface area contributed by atoms with Crippen LogP contribution in [0.4, 0.5) is 24.5 Å². The maximum Gasteiger partial charge on any atom is 0.133 e. The second kappa shape index (κ2) is 11.5. The molecule has 0 saturated carbocycles. The van der Waals surface area contributed by atoms with Crippen LogP contribution < -0.4 is 10.2 Å². The molecule has 1 saturated heterocycles. The van der Waals surface area contributed by atoms with Gasteiger partial charge in [0.1, 0.15) is 17.4 Å². The second-order valence-corrected chi connectivity index (χ2v) is 11.1. The van der Waals surface area contributed by atoms with Gasteiger partial charge in [-0.05, 0) is 66.8 Å². The first-order valence-corrected chi connectivity index (χ1v) is 14.2. The van der Waals surface area contributed by atoms with Crippen molar-refractivity contribution in [2.24, 2.45) is 0 Å². The molecule has 0 amide bonds. The lowest BCUT2D eigenvalue weighted by Crippen LogP contribution is -2.54. The molecule has 2 N–H and O–H groups in total. The number of anilines is 2. The van der Waals surface area contributed by atoms with Gasteiger partial charge in [0.2, 0.25) is 0 Å². The first kappa shape index (κ1) is 27.2. The number of para-hydroxylation sites is 2. The summed E-state index contributed by atoms with van der Waals surface area (Å²) in [5.74, 6) is -1.01. The Bertz CT molecular complexity index is 1500. The lowest BCUT2D eigenvalue weighted by molar-refractivity contribution is 0.155. The minimum atomic E-state index is -0.677. The summed E-state index contributed by atoms with van der Waals surface area (Å²) in [6.07, 6.45) is 1.18. The maximum absolute atomic E-state index is 16.0. The molecule has 0 unspecified atom stereocenters. The van der Waals surface area contributed by atoms with Crippen molar-refractivity contribution in [1.29, 1.82) is 0 Å². The molecule has 6 rings (SSSR count). The number of nitrogens with zero attached hydrogens (tertiary/aromatic N) is 2. The third-order valence-electron chi connectivity index (χ3n) is 8.26. The van der Waals surface area contributed by atoms with Gasteiger partial charge in [0.15, 0.2) is 0 Å². The van der Waals surface area contributed by atoms with Crippen LogP contribution in [0.2, 0.25) is 0 Å². The van der Waals surface area contributed by atoms with Gasteiger partial charge in [-0.15, -0.1) is 0 Å². The highest BCUT2D eigenvalue weighted by molar-refractivity contribution is 5.72. The Kier molecular flexibility index (Phi) is 7.63. The molecule has 2 atom stereocenters. The Balaban J connectivity index is 1.38. The van der Waals surface area contributed by atoms with E-state index >= 15 is 8.78 Å². The van der Waals surface area contributed by atoms with E-state index in [1.165, 1.54) is 12.1 Å². The number of phenolic OH excluding ortho intramolecular Hbond substituents is 1. The van der Waals surface area contributed by atoms with Crippen molar-refractivity contribution < 1.29 is 18.3 Å². The number of benzene rings is 4. The second-order valence-electron chi connectivity index (χ2n) is 11.1. The van der Waals surface area contributed by atoms with Gasteiger partial charge in [0.05, 0.1) is 24.3 Å². The summed E-state index contributed by atoms with van der Waals surface area (Å²) in [5.41, 5.74) is 4.74. The van der Waals surface area contributed by atoms with Crippen molar-refractivity contribution in [2.75, 3.05) is 36.5 Å². The number of alkyl halides is 1. The van der Waals surface area contributed by atoms with Gasteiger partial charge in [-0.3, -0.25) is 9.29 Å². The van der Waals surface area contributed by atoms with E-state index < -0.39 is 17.7 Å². The molecule has 4 aromatic rings. The zero-order valence-electron chi connectivity index (χ0n) is 23.0. The van der Waals surface area contributed by atoms with Crippen LogP contribution in [0.15, 0.2) is 84.9 Å². The third-order valence-corrected chi connectivity index (χ3v) is 8.26. The molecule has 4 aromatic carbocycles. The van der Waals surface area contributed by atoms with Gasteiger partial charge >= 0.3 is 0 Å². The predicted octanol–water partition coefficient (Wildman–Crippen LogP) is 7.33. The summed E-state index contributed by atoms with van der Waals surface area (Å²) in [4.78, 5) is 4.23. The number of hydrogen-bond donors (Lipinski definition) is 2. The molecule has 1 fully saturated rings. The van der Waals surface area contributed by atoms with Crippen LogP contribution in [0.5, 0.6) is 5.75 Å². The zero-order valence-corrected chi connectivity index (χ0v) is 23.0. The molecule has 212 valence electrons. The van der Waals surface area contributed by atoms with E-state index in [0.29, 0.717) is 25.1 Å². The molecule has 7 heteroatoms. The molecule has 0 aliphatic carbocycles. The van der Waals surface area contributed by atoms with Gasteiger partial charge in [-0.1, -0.05) is 54.6 Å². The van der Waals surface area contributed by atoms with Crippen molar-refractivity contribution in [3.63, 3.8) is 0 Å². The van der Waals surface area contributed by atoms with E-state index in [1.807, 2.05) is 60.7 Å². The highest BCUT2D eigenvalue weighted by Crippen LogP contribution is 2.44. The van der Waals surface area contributed by atoms with Crippen molar-refractivity contribution in [3.05, 3.63) is 113 Å². The molecule has 0 spiro atoms. The largest absolute Gasteiger partial charge is 0.507 e. The number of aromatic hydroxyl groups is 1. The smallest absolute Gasteiger partial charge is 0.133 e. The number of rotatable bonds is 8. The van der Waals surface area contributed by atoms with E-state index in [0.717, 1.165) is 41.0 Å². The molecule has 0 bridgehead atoms. The van der Waals surface area contributed by atoms with Crippen LogP contribution in [0.1, 0.15) is 36.1 Å². The van der Waals surface area contributed by atoms with Crippen LogP contribution in [0, 0.1) is 11.6 Å². The Morgan fingerprint density at radius 1 is 0.902 bits per heavy atom. The Labute approximate surface area is 239 Å². The maximum atomic E-state index is 16.0. The van der Waals surface area contributed by atoms with Gasteiger partial charge in [-0.25, -0.2) is 8.78 Å². The van der Waals surface area contributed by atoms with Crippen LogP contribution in [-0.2, 0) is 6.42 Å². The summed E-state index contributed by atoms with van der Waals surface area (Å²) in [6, 6.07) is 25.0. The van der Waals surface area contributed by atoms with Crippen molar-refractivity contribution in [2.45, 2.75) is 37.9 Å². The fourth-order valence-corrected chi connectivity index (χ4v) is 6.35. The Morgan fingerprint density at radius 3 is 2.32 bits per heavy atom. The van der Waals surface area contributed by atoms with E-state index in [9.17, 15) is 9.50 Å². The highest BCUT2D eigenvalue weighted by atomic mass is 19.1. The lowest BCUT2D eigenvalue weighted by Gasteiger charge is -2.44. The Hall–Kier alpha value is -3.97. The molecule has 0 radical (unpaired) electrons. The fraction of sp³-hybridized carbons (Fsp3) is 0.294. The van der Waals surface area contributed by atoms with Gasteiger partial charge in [-0.2, -0.15) is 0 Å². The summed E-state index contributed by atoms with van der Waals surface area (Å²) >= 11 is 0. The van der Waals surface area contributed by atoms with Gasteiger partial charge in [0.25, 0.3) is 0 Å². The molecule has 2 heterocycles. The fourth-order valence-electron chi connectivity index (χ4n) is 6.35. The predicted molar refractivity (Wildman–Crippen MR) is 158 cm³/mol.